The summed E-state index contributed by atoms with van der Waals surface area (Å²) in [5.41, 5.74) is 8.53. The number of anilines is 1. The van der Waals surface area contributed by atoms with Gasteiger partial charge in [-0.25, -0.2) is 4.39 Å². The summed E-state index contributed by atoms with van der Waals surface area (Å²) in [5.74, 6) is -0.826. The van der Waals surface area contributed by atoms with Crippen LogP contribution in [0.25, 0.3) is 0 Å². The molecule has 0 aliphatic heterocycles. The second-order valence-electron chi connectivity index (χ2n) is 8.53. The number of carbonyl (C=O) groups excluding carboxylic acids is 2. The Morgan fingerprint density at radius 1 is 0.879 bits per heavy atom. The number of hydrogen-bond donors (Lipinski definition) is 2. The number of rotatable bonds is 6. The second-order valence-corrected chi connectivity index (χ2v) is 8.53. The molecule has 0 radical (unpaired) electrons. The molecule has 0 atom stereocenters. The molecule has 33 heavy (non-hydrogen) atoms. The first-order valence-corrected chi connectivity index (χ1v) is 11.3. The predicted octanol–water partition coefficient (Wildman–Crippen LogP) is 4.99. The van der Waals surface area contributed by atoms with Gasteiger partial charge in [0.25, 0.3) is 11.8 Å². The summed E-state index contributed by atoms with van der Waals surface area (Å²) in [6.45, 7) is 0.365. The molecule has 2 amide bonds. The van der Waals surface area contributed by atoms with Gasteiger partial charge in [0.2, 0.25) is 0 Å². The van der Waals surface area contributed by atoms with Crippen LogP contribution in [0.15, 0.2) is 78.9 Å². The normalized spacial score (nSPS) is 17.9. The van der Waals surface area contributed by atoms with E-state index in [9.17, 15) is 14.0 Å². The predicted molar refractivity (Wildman–Crippen MR) is 127 cm³/mol. The SMILES string of the molecule is NC1CCC(N(Cc2cccc(NC(=O)c3ccccc3)c2)C(=O)c2cccc(F)c2)CC1. The maximum absolute atomic E-state index is 13.8. The molecule has 5 nitrogen and oxygen atoms in total. The molecule has 3 N–H and O–H groups in total. The number of amides is 2. The molecule has 1 aliphatic carbocycles. The van der Waals surface area contributed by atoms with Crippen LogP contribution >= 0.6 is 0 Å². The Bertz CT molecular complexity index is 1110. The molecule has 1 saturated carbocycles. The standard InChI is InChI=1S/C27H28FN3O2/c28-22-10-5-9-21(17-22)27(33)31(25-14-12-23(29)13-15-25)18-19-6-4-11-24(16-19)30-26(32)20-7-2-1-3-8-20/h1-11,16-17,23,25H,12-15,18,29H2,(H,30,32). The van der Waals surface area contributed by atoms with Gasteiger partial charge in [-0.15, -0.1) is 0 Å². The summed E-state index contributed by atoms with van der Waals surface area (Å²) in [4.78, 5) is 27.7. The average molecular weight is 446 g/mol. The van der Waals surface area contributed by atoms with Crippen molar-refractivity contribution in [3.8, 4) is 0 Å². The summed E-state index contributed by atoms with van der Waals surface area (Å²) < 4.78 is 13.8. The van der Waals surface area contributed by atoms with E-state index >= 15 is 0 Å². The first-order valence-electron chi connectivity index (χ1n) is 11.3. The summed E-state index contributed by atoms with van der Waals surface area (Å²) >= 11 is 0. The maximum atomic E-state index is 13.8. The van der Waals surface area contributed by atoms with Crippen molar-refractivity contribution in [3.63, 3.8) is 0 Å². The van der Waals surface area contributed by atoms with E-state index in [-0.39, 0.29) is 23.9 Å². The summed E-state index contributed by atoms with van der Waals surface area (Å²) in [6, 6.07) is 22.5. The fourth-order valence-electron chi connectivity index (χ4n) is 4.30. The van der Waals surface area contributed by atoms with Crippen molar-refractivity contribution in [2.45, 2.75) is 44.3 Å². The Hall–Kier alpha value is -3.51. The lowest BCUT2D eigenvalue weighted by atomic mass is 9.90. The molecule has 0 aromatic heterocycles. The van der Waals surface area contributed by atoms with E-state index in [0.29, 0.717) is 23.4 Å². The van der Waals surface area contributed by atoms with Gasteiger partial charge < -0.3 is 16.0 Å². The fraction of sp³-hybridized carbons (Fsp3) is 0.259. The average Bonchev–Trinajstić information content (AvgIpc) is 2.83. The Morgan fingerprint density at radius 2 is 1.58 bits per heavy atom. The van der Waals surface area contributed by atoms with Crippen molar-refractivity contribution in [1.82, 2.24) is 4.90 Å². The maximum Gasteiger partial charge on any atom is 0.255 e. The largest absolute Gasteiger partial charge is 0.331 e. The number of hydrogen-bond acceptors (Lipinski definition) is 3. The van der Waals surface area contributed by atoms with Crippen LogP contribution in [0.2, 0.25) is 0 Å². The van der Waals surface area contributed by atoms with E-state index in [1.54, 1.807) is 24.3 Å². The van der Waals surface area contributed by atoms with Crippen LogP contribution in [0.3, 0.4) is 0 Å². The molecule has 3 aromatic carbocycles. The number of nitrogens with one attached hydrogen (secondary N) is 1. The van der Waals surface area contributed by atoms with Crippen LogP contribution in [0.1, 0.15) is 52.0 Å². The Morgan fingerprint density at radius 3 is 2.30 bits per heavy atom. The lowest BCUT2D eigenvalue weighted by Gasteiger charge is -2.36. The van der Waals surface area contributed by atoms with E-state index in [0.717, 1.165) is 31.2 Å². The second kappa shape index (κ2) is 10.4. The molecule has 0 heterocycles. The van der Waals surface area contributed by atoms with Crippen LogP contribution in [-0.4, -0.2) is 28.8 Å². The first-order chi connectivity index (χ1) is 16.0. The quantitative estimate of drug-likeness (QED) is 0.561. The lowest BCUT2D eigenvalue weighted by molar-refractivity contribution is 0.0605. The third-order valence-corrected chi connectivity index (χ3v) is 6.09. The van der Waals surface area contributed by atoms with Crippen LogP contribution < -0.4 is 11.1 Å². The van der Waals surface area contributed by atoms with Gasteiger partial charge in [0.05, 0.1) is 0 Å². The Labute approximate surface area is 193 Å². The molecule has 4 rings (SSSR count). The Balaban J connectivity index is 1.55. The van der Waals surface area contributed by atoms with Crippen molar-refractivity contribution < 1.29 is 14.0 Å². The van der Waals surface area contributed by atoms with Crippen LogP contribution in [0.5, 0.6) is 0 Å². The highest BCUT2D eigenvalue weighted by atomic mass is 19.1. The van der Waals surface area contributed by atoms with Gasteiger partial charge in [0, 0.05) is 35.4 Å². The van der Waals surface area contributed by atoms with Crippen molar-refractivity contribution >= 4 is 17.5 Å². The van der Waals surface area contributed by atoms with Crippen molar-refractivity contribution in [2.75, 3.05) is 5.32 Å². The van der Waals surface area contributed by atoms with Crippen LogP contribution in [0.4, 0.5) is 10.1 Å². The number of nitrogens with zero attached hydrogens (tertiary/aromatic N) is 1. The third-order valence-electron chi connectivity index (χ3n) is 6.09. The van der Waals surface area contributed by atoms with Gasteiger partial charge in [-0.05, 0) is 73.7 Å². The van der Waals surface area contributed by atoms with Crippen molar-refractivity contribution in [1.29, 1.82) is 0 Å². The minimum absolute atomic E-state index is 0.0307. The molecular weight excluding hydrogens is 417 g/mol. The molecule has 6 heteroatoms. The van der Waals surface area contributed by atoms with Crippen molar-refractivity contribution in [2.24, 2.45) is 5.73 Å². The molecule has 170 valence electrons. The minimum atomic E-state index is -0.433. The zero-order valence-electron chi connectivity index (χ0n) is 18.4. The smallest absolute Gasteiger partial charge is 0.255 e. The van der Waals surface area contributed by atoms with Gasteiger partial charge in [0.1, 0.15) is 5.82 Å². The van der Waals surface area contributed by atoms with E-state index in [1.807, 2.05) is 47.4 Å². The molecule has 0 bridgehead atoms. The number of carbonyl (C=O) groups is 2. The van der Waals surface area contributed by atoms with Gasteiger partial charge in [-0.1, -0.05) is 36.4 Å². The topological polar surface area (TPSA) is 75.4 Å². The molecule has 1 fully saturated rings. The number of nitrogens with two attached hydrogens (primary N) is 1. The zero-order chi connectivity index (χ0) is 23.2. The molecule has 0 saturated heterocycles. The lowest BCUT2D eigenvalue weighted by Crippen LogP contribution is -2.43. The highest BCUT2D eigenvalue weighted by Crippen LogP contribution is 2.26. The third kappa shape index (κ3) is 5.84. The minimum Gasteiger partial charge on any atom is -0.331 e. The van der Waals surface area contributed by atoms with E-state index in [1.165, 1.54) is 12.1 Å². The van der Waals surface area contributed by atoms with Gasteiger partial charge in [-0.2, -0.15) is 0 Å². The van der Waals surface area contributed by atoms with E-state index in [2.05, 4.69) is 5.32 Å². The summed E-state index contributed by atoms with van der Waals surface area (Å²) in [7, 11) is 0. The summed E-state index contributed by atoms with van der Waals surface area (Å²) in [5, 5.41) is 2.92. The molecular formula is C27H28FN3O2. The monoisotopic (exact) mass is 445 g/mol. The zero-order valence-corrected chi connectivity index (χ0v) is 18.4. The van der Waals surface area contributed by atoms with Crippen LogP contribution in [0, 0.1) is 5.82 Å². The molecule has 0 unspecified atom stereocenters. The van der Waals surface area contributed by atoms with Crippen molar-refractivity contribution in [3.05, 3.63) is 101 Å². The number of halogens is 1. The fourth-order valence-corrected chi connectivity index (χ4v) is 4.30. The highest BCUT2D eigenvalue weighted by molar-refractivity contribution is 6.04. The molecule has 1 aliphatic rings. The highest BCUT2D eigenvalue weighted by Gasteiger charge is 2.28. The van der Waals surface area contributed by atoms with Gasteiger partial charge in [-0.3, -0.25) is 9.59 Å². The first kappa shape index (κ1) is 22.7. The molecule has 3 aromatic rings. The van der Waals surface area contributed by atoms with Gasteiger partial charge in [0.15, 0.2) is 0 Å². The number of benzene rings is 3. The van der Waals surface area contributed by atoms with E-state index in [4.69, 9.17) is 5.73 Å². The Kier molecular flexibility index (Phi) is 7.15. The van der Waals surface area contributed by atoms with Crippen LogP contribution in [-0.2, 0) is 6.54 Å². The van der Waals surface area contributed by atoms with Gasteiger partial charge >= 0.3 is 0 Å². The van der Waals surface area contributed by atoms with E-state index < -0.39 is 5.82 Å². The molecule has 0 spiro atoms. The summed E-state index contributed by atoms with van der Waals surface area (Å²) in [6.07, 6.45) is 3.33.